The summed E-state index contributed by atoms with van der Waals surface area (Å²) >= 11 is 0. The molecule has 1 heterocycles. The normalized spacial score (nSPS) is 23.5. The van der Waals surface area contributed by atoms with Crippen molar-refractivity contribution in [3.05, 3.63) is 0 Å². The molecule has 0 atom stereocenters. The molecule has 0 saturated heterocycles. The van der Waals surface area contributed by atoms with Gasteiger partial charge in [-0.3, -0.25) is 0 Å². The van der Waals surface area contributed by atoms with Crippen LogP contribution in [0.15, 0.2) is 5.16 Å². The average Bonchev–Trinajstić information content (AvgIpc) is 1.86. The van der Waals surface area contributed by atoms with Crippen LogP contribution < -0.4 is 0 Å². The van der Waals surface area contributed by atoms with Crippen LogP contribution in [0.3, 0.4) is 0 Å². The zero-order valence-electron chi connectivity index (χ0n) is 4.84. The van der Waals surface area contributed by atoms with Gasteiger partial charge in [0.1, 0.15) is 5.41 Å². The highest BCUT2D eigenvalue weighted by atomic mass is 16.7. The molecule has 0 radical (unpaired) electrons. The van der Waals surface area contributed by atoms with Crippen LogP contribution in [0.5, 0.6) is 0 Å². The molecule has 1 aliphatic heterocycles. The topological polar surface area (TPSA) is 38.7 Å². The number of hydrogen-bond donors (Lipinski definition) is 0. The summed E-state index contributed by atoms with van der Waals surface area (Å²) in [5.41, 5.74) is -0.500. The van der Waals surface area contributed by atoms with Crippen LogP contribution in [-0.2, 0) is 9.63 Å². The first-order chi connectivity index (χ1) is 3.63. The molecule has 8 heavy (non-hydrogen) atoms. The van der Waals surface area contributed by atoms with Crippen molar-refractivity contribution in [1.82, 2.24) is 0 Å². The molecule has 0 spiro atoms. The minimum absolute atomic E-state index is 0.280. The molecule has 1 rings (SSSR count). The number of carbonyl (C=O) groups is 1. The maximum Gasteiger partial charge on any atom is 0.345 e. The van der Waals surface area contributed by atoms with E-state index in [0.29, 0.717) is 0 Å². The Labute approximate surface area is 47.3 Å². The van der Waals surface area contributed by atoms with Crippen molar-refractivity contribution >= 4 is 12.2 Å². The Kier molecular flexibility index (Phi) is 0.863. The second-order valence-electron chi connectivity index (χ2n) is 2.33. The van der Waals surface area contributed by atoms with Gasteiger partial charge in [0.15, 0.2) is 0 Å². The number of carbonyl (C=O) groups excluding carboxylic acids is 1. The van der Waals surface area contributed by atoms with Crippen molar-refractivity contribution in [2.24, 2.45) is 10.6 Å². The fourth-order valence-corrected chi connectivity index (χ4v) is 0.376. The quantitative estimate of drug-likeness (QED) is 0.430. The van der Waals surface area contributed by atoms with E-state index >= 15 is 0 Å². The van der Waals surface area contributed by atoms with Gasteiger partial charge in [0.25, 0.3) is 0 Å². The van der Waals surface area contributed by atoms with Crippen LogP contribution >= 0.6 is 0 Å². The lowest BCUT2D eigenvalue weighted by Crippen LogP contribution is -2.20. The highest BCUT2D eigenvalue weighted by molar-refractivity contribution is 5.96. The van der Waals surface area contributed by atoms with Crippen molar-refractivity contribution in [3.8, 4) is 0 Å². The second-order valence-corrected chi connectivity index (χ2v) is 2.33. The Hall–Kier alpha value is -0.860. The molecule has 0 bridgehead atoms. The monoisotopic (exact) mass is 113 g/mol. The van der Waals surface area contributed by atoms with Crippen LogP contribution in [0.4, 0.5) is 0 Å². The molecule has 0 aromatic heterocycles. The maximum atomic E-state index is 10.5. The Morgan fingerprint density at radius 1 is 1.75 bits per heavy atom. The summed E-state index contributed by atoms with van der Waals surface area (Å²) in [7, 11) is 0. The summed E-state index contributed by atoms with van der Waals surface area (Å²) < 4.78 is 0. The Bertz CT molecular complexity index is 149. The summed E-state index contributed by atoms with van der Waals surface area (Å²) in [5.74, 6) is -0.280. The van der Waals surface area contributed by atoms with Crippen molar-refractivity contribution < 1.29 is 9.63 Å². The first-order valence-corrected chi connectivity index (χ1v) is 2.39. The van der Waals surface area contributed by atoms with E-state index in [2.05, 4.69) is 9.99 Å². The number of oxime groups is 1. The van der Waals surface area contributed by atoms with Crippen LogP contribution in [0, 0.1) is 5.41 Å². The Balaban J connectivity index is 2.82. The minimum Gasteiger partial charge on any atom is -0.318 e. The van der Waals surface area contributed by atoms with E-state index in [1.54, 1.807) is 13.8 Å². The predicted molar refractivity (Wildman–Crippen MR) is 28.4 cm³/mol. The molecule has 0 aromatic rings. The molecule has 0 aliphatic carbocycles. The van der Waals surface area contributed by atoms with Gasteiger partial charge in [-0.25, -0.2) is 4.79 Å². The van der Waals surface area contributed by atoms with Crippen molar-refractivity contribution in [2.45, 2.75) is 13.8 Å². The molecule has 3 heteroatoms. The summed E-state index contributed by atoms with van der Waals surface area (Å²) in [6.45, 7) is 3.51. The maximum absolute atomic E-state index is 10.5. The highest BCUT2D eigenvalue weighted by Gasteiger charge is 2.32. The highest BCUT2D eigenvalue weighted by Crippen LogP contribution is 2.18. The molecule has 0 unspecified atom stereocenters. The minimum atomic E-state index is -0.500. The smallest absolute Gasteiger partial charge is 0.318 e. The van der Waals surface area contributed by atoms with Gasteiger partial charge in [-0.05, 0) is 13.8 Å². The largest absolute Gasteiger partial charge is 0.345 e. The Morgan fingerprint density at radius 3 is 2.50 bits per heavy atom. The van der Waals surface area contributed by atoms with E-state index < -0.39 is 5.41 Å². The van der Waals surface area contributed by atoms with Crippen LogP contribution in [0.25, 0.3) is 0 Å². The molecule has 3 nitrogen and oxygen atoms in total. The van der Waals surface area contributed by atoms with E-state index in [0.717, 1.165) is 0 Å². The third-order valence-electron chi connectivity index (χ3n) is 1.04. The van der Waals surface area contributed by atoms with Crippen LogP contribution in [0.1, 0.15) is 13.8 Å². The van der Waals surface area contributed by atoms with Gasteiger partial charge < -0.3 is 4.84 Å². The van der Waals surface area contributed by atoms with Gasteiger partial charge >= 0.3 is 5.97 Å². The van der Waals surface area contributed by atoms with E-state index in [9.17, 15) is 4.79 Å². The second kappa shape index (κ2) is 1.31. The Morgan fingerprint density at radius 2 is 2.38 bits per heavy atom. The van der Waals surface area contributed by atoms with E-state index in [-0.39, 0.29) is 5.97 Å². The molecule has 0 saturated carbocycles. The van der Waals surface area contributed by atoms with Gasteiger partial charge in [-0.15, -0.1) is 0 Å². The van der Waals surface area contributed by atoms with Gasteiger partial charge in [0.05, 0.1) is 6.21 Å². The average molecular weight is 113 g/mol. The number of nitrogens with zero attached hydrogens (tertiary/aromatic N) is 1. The molecule has 44 valence electrons. The van der Waals surface area contributed by atoms with Crippen molar-refractivity contribution in [3.63, 3.8) is 0 Å². The molecule has 0 N–H and O–H groups in total. The van der Waals surface area contributed by atoms with Crippen molar-refractivity contribution in [1.29, 1.82) is 0 Å². The first-order valence-electron chi connectivity index (χ1n) is 2.39. The fourth-order valence-electron chi connectivity index (χ4n) is 0.376. The molecule has 1 aliphatic rings. The zero-order chi connectivity index (χ0) is 6.20. The van der Waals surface area contributed by atoms with E-state index in [1.165, 1.54) is 6.21 Å². The van der Waals surface area contributed by atoms with Gasteiger partial charge in [0, 0.05) is 0 Å². The lowest BCUT2D eigenvalue weighted by Gasteiger charge is -2.04. The van der Waals surface area contributed by atoms with E-state index in [1.807, 2.05) is 0 Å². The van der Waals surface area contributed by atoms with Crippen molar-refractivity contribution in [2.75, 3.05) is 0 Å². The zero-order valence-corrected chi connectivity index (χ0v) is 4.84. The number of hydrogen-bond acceptors (Lipinski definition) is 3. The summed E-state index contributed by atoms with van der Waals surface area (Å²) in [4.78, 5) is 14.8. The molecule has 0 fully saturated rings. The van der Waals surface area contributed by atoms with Gasteiger partial charge in [-0.1, -0.05) is 5.16 Å². The fraction of sp³-hybridized carbons (Fsp3) is 0.600. The molecule has 0 amide bonds. The SMILES string of the molecule is CC1(C)C=NOC1=O. The van der Waals surface area contributed by atoms with E-state index in [4.69, 9.17) is 0 Å². The first kappa shape index (κ1) is 5.28. The third kappa shape index (κ3) is 0.598. The molecule has 0 aromatic carbocycles. The van der Waals surface area contributed by atoms with Gasteiger partial charge in [0.2, 0.25) is 0 Å². The lowest BCUT2D eigenvalue weighted by atomic mass is 9.97. The summed E-state index contributed by atoms with van der Waals surface area (Å²) in [6, 6.07) is 0. The van der Waals surface area contributed by atoms with Crippen LogP contribution in [0.2, 0.25) is 0 Å². The summed E-state index contributed by atoms with van der Waals surface area (Å²) in [6.07, 6.45) is 1.50. The predicted octanol–water partition coefficient (Wildman–Crippen LogP) is 0.555. The third-order valence-corrected chi connectivity index (χ3v) is 1.04. The van der Waals surface area contributed by atoms with Gasteiger partial charge in [-0.2, -0.15) is 0 Å². The molecular formula is C5H7NO2. The standard InChI is InChI=1S/C5H7NO2/c1-5(2)3-6-8-4(5)7/h3H,1-2H3. The summed E-state index contributed by atoms with van der Waals surface area (Å²) in [5, 5.41) is 3.34. The van der Waals surface area contributed by atoms with Crippen LogP contribution in [-0.4, -0.2) is 12.2 Å². The lowest BCUT2D eigenvalue weighted by molar-refractivity contribution is -0.146. The number of rotatable bonds is 0. The molecular weight excluding hydrogens is 106 g/mol.